The predicted molar refractivity (Wildman–Crippen MR) is 85.4 cm³/mol. The first-order valence-electron chi connectivity index (χ1n) is 6.82. The van der Waals surface area contributed by atoms with Crippen LogP contribution in [-0.4, -0.2) is 23.1 Å². The number of carbonyl (C=O) groups is 1. The lowest BCUT2D eigenvalue weighted by Crippen LogP contribution is -2.25. The van der Waals surface area contributed by atoms with Crippen LogP contribution in [0.4, 0.5) is 5.69 Å². The van der Waals surface area contributed by atoms with Crippen LogP contribution in [-0.2, 0) is 4.79 Å². The summed E-state index contributed by atoms with van der Waals surface area (Å²) in [6, 6.07) is 14.9. The van der Waals surface area contributed by atoms with E-state index in [1.165, 1.54) is 24.3 Å². The summed E-state index contributed by atoms with van der Waals surface area (Å²) in [4.78, 5) is 21.7. The van der Waals surface area contributed by atoms with E-state index in [-0.39, 0.29) is 12.3 Å². The highest BCUT2D eigenvalue weighted by atomic mass is 16.6. The standard InChI is InChI=1S/C16H15N3O4/c1-12(13-5-3-2-4-6-13)17-18-16(20)11-23-15-9-7-14(8-10-15)19(21)22/h2-10H,11H2,1H3,(H,18,20)/b17-12+. The summed E-state index contributed by atoms with van der Waals surface area (Å²) in [5, 5.41) is 14.5. The number of nitro benzene ring substituents is 1. The van der Waals surface area contributed by atoms with E-state index in [0.29, 0.717) is 11.5 Å². The predicted octanol–water partition coefficient (Wildman–Crippen LogP) is 2.51. The molecule has 0 aliphatic heterocycles. The lowest BCUT2D eigenvalue weighted by Gasteiger charge is -2.05. The van der Waals surface area contributed by atoms with Crippen molar-refractivity contribution in [3.05, 3.63) is 70.3 Å². The molecule has 0 heterocycles. The first-order valence-corrected chi connectivity index (χ1v) is 6.82. The molecule has 118 valence electrons. The van der Waals surface area contributed by atoms with Crippen molar-refractivity contribution in [1.29, 1.82) is 0 Å². The summed E-state index contributed by atoms with van der Waals surface area (Å²) in [7, 11) is 0. The molecule has 0 unspecified atom stereocenters. The van der Waals surface area contributed by atoms with Gasteiger partial charge in [-0.05, 0) is 24.6 Å². The van der Waals surface area contributed by atoms with Crippen molar-refractivity contribution in [3.63, 3.8) is 0 Å². The Morgan fingerprint density at radius 3 is 2.43 bits per heavy atom. The molecule has 2 aromatic rings. The van der Waals surface area contributed by atoms with Crippen LogP contribution < -0.4 is 10.2 Å². The largest absolute Gasteiger partial charge is 0.484 e. The summed E-state index contributed by atoms with van der Waals surface area (Å²) in [5.41, 5.74) is 3.94. The molecule has 7 nitrogen and oxygen atoms in total. The average molecular weight is 313 g/mol. The zero-order valence-electron chi connectivity index (χ0n) is 12.4. The van der Waals surface area contributed by atoms with Gasteiger partial charge in [0.05, 0.1) is 10.6 Å². The van der Waals surface area contributed by atoms with E-state index in [2.05, 4.69) is 10.5 Å². The van der Waals surface area contributed by atoms with E-state index in [1.54, 1.807) is 6.92 Å². The fourth-order valence-electron chi connectivity index (χ4n) is 1.74. The molecule has 7 heteroatoms. The van der Waals surface area contributed by atoms with E-state index in [0.717, 1.165) is 5.56 Å². The lowest BCUT2D eigenvalue weighted by atomic mass is 10.1. The van der Waals surface area contributed by atoms with Crippen LogP contribution >= 0.6 is 0 Å². The van der Waals surface area contributed by atoms with Gasteiger partial charge in [-0.1, -0.05) is 30.3 Å². The summed E-state index contributed by atoms with van der Waals surface area (Å²) < 4.78 is 5.24. The maximum atomic E-state index is 11.7. The average Bonchev–Trinajstić information content (AvgIpc) is 2.59. The normalized spacial score (nSPS) is 10.9. The molecule has 0 aliphatic rings. The molecule has 0 fully saturated rings. The number of rotatable bonds is 6. The Morgan fingerprint density at radius 1 is 1.17 bits per heavy atom. The molecular weight excluding hydrogens is 298 g/mol. The Hall–Kier alpha value is -3.22. The fourth-order valence-corrected chi connectivity index (χ4v) is 1.74. The highest BCUT2D eigenvalue weighted by molar-refractivity contribution is 5.99. The van der Waals surface area contributed by atoms with Crippen LogP contribution in [0.15, 0.2) is 59.7 Å². The van der Waals surface area contributed by atoms with Crippen molar-refractivity contribution < 1.29 is 14.5 Å². The van der Waals surface area contributed by atoms with Gasteiger partial charge in [0.15, 0.2) is 6.61 Å². The Bertz CT molecular complexity index is 712. The van der Waals surface area contributed by atoms with Crippen molar-refractivity contribution in [2.24, 2.45) is 5.10 Å². The molecule has 0 aromatic heterocycles. The van der Waals surface area contributed by atoms with Gasteiger partial charge < -0.3 is 4.74 Å². The number of non-ortho nitro benzene ring substituents is 1. The van der Waals surface area contributed by atoms with E-state index in [4.69, 9.17) is 4.74 Å². The molecule has 0 radical (unpaired) electrons. The van der Waals surface area contributed by atoms with Crippen LogP contribution in [0.5, 0.6) is 5.75 Å². The second-order valence-corrected chi connectivity index (χ2v) is 4.64. The van der Waals surface area contributed by atoms with E-state index >= 15 is 0 Å². The molecule has 0 atom stereocenters. The number of hydrogen-bond acceptors (Lipinski definition) is 5. The number of nitrogens with one attached hydrogen (secondary N) is 1. The zero-order chi connectivity index (χ0) is 16.7. The van der Waals surface area contributed by atoms with Gasteiger partial charge in [0.25, 0.3) is 11.6 Å². The first-order chi connectivity index (χ1) is 11.1. The lowest BCUT2D eigenvalue weighted by molar-refractivity contribution is -0.384. The first kappa shape index (κ1) is 16.2. The summed E-state index contributed by atoms with van der Waals surface area (Å²) in [5.74, 6) is -0.0480. The molecule has 0 spiro atoms. The monoisotopic (exact) mass is 313 g/mol. The number of hydrogen-bond donors (Lipinski definition) is 1. The molecule has 23 heavy (non-hydrogen) atoms. The third-order valence-electron chi connectivity index (χ3n) is 2.96. The summed E-state index contributed by atoms with van der Waals surface area (Å²) >= 11 is 0. The van der Waals surface area contributed by atoms with Gasteiger partial charge in [-0.15, -0.1) is 0 Å². The van der Waals surface area contributed by atoms with Gasteiger partial charge in [0, 0.05) is 12.1 Å². The van der Waals surface area contributed by atoms with Crippen LogP contribution in [0, 0.1) is 10.1 Å². The smallest absolute Gasteiger partial charge is 0.277 e. The number of nitro groups is 1. The SMILES string of the molecule is C/C(=N\NC(=O)COc1ccc([N+](=O)[O-])cc1)c1ccccc1. The van der Waals surface area contributed by atoms with E-state index in [1.807, 2.05) is 30.3 Å². The van der Waals surface area contributed by atoms with Crippen LogP contribution in [0.2, 0.25) is 0 Å². The van der Waals surface area contributed by atoms with Crippen LogP contribution in [0.25, 0.3) is 0 Å². The number of amides is 1. The molecule has 2 aromatic carbocycles. The minimum Gasteiger partial charge on any atom is -0.484 e. The summed E-state index contributed by atoms with van der Waals surface area (Å²) in [6.07, 6.45) is 0. The quantitative estimate of drug-likeness (QED) is 0.503. The molecule has 1 amide bonds. The summed E-state index contributed by atoms with van der Waals surface area (Å²) in [6.45, 7) is 1.55. The molecule has 0 saturated carbocycles. The van der Waals surface area contributed by atoms with E-state index < -0.39 is 10.8 Å². The highest BCUT2D eigenvalue weighted by Gasteiger charge is 2.06. The number of benzene rings is 2. The van der Waals surface area contributed by atoms with E-state index in [9.17, 15) is 14.9 Å². The van der Waals surface area contributed by atoms with Gasteiger partial charge in [-0.2, -0.15) is 5.10 Å². The van der Waals surface area contributed by atoms with Gasteiger partial charge >= 0.3 is 0 Å². The van der Waals surface area contributed by atoms with Crippen molar-refractivity contribution in [3.8, 4) is 5.75 Å². The van der Waals surface area contributed by atoms with Crippen molar-refractivity contribution in [2.45, 2.75) is 6.92 Å². The van der Waals surface area contributed by atoms with Crippen molar-refractivity contribution in [1.82, 2.24) is 5.43 Å². The maximum absolute atomic E-state index is 11.7. The zero-order valence-corrected chi connectivity index (χ0v) is 12.4. The van der Waals surface area contributed by atoms with Gasteiger partial charge in [0.2, 0.25) is 0 Å². The molecule has 1 N–H and O–H groups in total. The number of hydrazone groups is 1. The third-order valence-corrected chi connectivity index (χ3v) is 2.96. The Morgan fingerprint density at radius 2 is 1.83 bits per heavy atom. The Labute approximate surface area is 132 Å². The van der Waals surface area contributed by atoms with Crippen LogP contribution in [0.3, 0.4) is 0 Å². The van der Waals surface area contributed by atoms with Gasteiger partial charge in [-0.3, -0.25) is 14.9 Å². The van der Waals surface area contributed by atoms with Gasteiger partial charge in [-0.25, -0.2) is 5.43 Å². The minimum absolute atomic E-state index is 0.0371. The van der Waals surface area contributed by atoms with Gasteiger partial charge in [0.1, 0.15) is 5.75 Å². The molecule has 0 aliphatic carbocycles. The topological polar surface area (TPSA) is 93.8 Å². The minimum atomic E-state index is -0.502. The third kappa shape index (κ3) is 4.92. The second-order valence-electron chi connectivity index (χ2n) is 4.64. The number of ether oxygens (including phenoxy) is 1. The molecular formula is C16H15N3O4. The Balaban J connectivity index is 1.84. The number of carbonyl (C=O) groups excluding carboxylic acids is 1. The van der Waals surface area contributed by atoms with Crippen LogP contribution in [0.1, 0.15) is 12.5 Å². The highest BCUT2D eigenvalue weighted by Crippen LogP contribution is 2.17. The fraction of sp³-hybridized carbons (Fsp3) is 0.125. The van der Waals surface area contributed by atoms with Crippen molar-refractivity contribution >= 4 is 17.3 Å². The Kier molecular flexibility index (Phi) is 5.40. The molecule has 0 saturated heterocycles. The van der Waals surface area contributed by atoms with Crippen molar-refractivity contribution in [2.75, 3.05) is 6.61 Å². The second kappa shape index (κ2) is 7.69. The maximum Gasteiger partial charge on any atom is 0.277 e. The molecule has 0 bridgehead atoms. The number of nitrogens with zero attached hydrogens (tertiary/aromatic N) is 2. The molecule has 2 rings (SSSR count).